The van der Waals surface area contributed by atoms with Crippen molar-refractivity contribution in [3.05, 3.63) is 59.2 Å². The average Bonchev–Trinajstić information content (AvgIpc) is 2.39. The summed E-state index contributed by atoms with van der Waals surface area (Å²) >= 11 is 0. The molecule has 1 aromatic carbocycles. The fourth-order valence-electron chi connectivity index (χ4n) is 1.81. The molecule has 0 radical (unpaired) electrons. The Balaban J connectivity index is 2.05. The summed E-state index contributed by atoms with van der Waals surface area (Å²) in [5.41, 5.74) is 4.07. The molecule has 0 fully saturated rings. The lowest BCUT2D eigenvalue weighted by molar-refractivity contribution is 0.415. The number of ether oxygens (including phenoxy) is 1. The van der Waals surface area contributed by atoms with Crippen LogP contribution in [-0.2, 0) is 0 Å². The van der Waals surface area contributed by atoms with Gasteiger partial charge in [0.1, 0.15) is 5.75 Å². The van der Waals surface area contributed by atoms with Gasteiger partial charge in [-0.05, 0) is 43.0 Å². The standard InChI is InChI=1S/C16H18O/c1-13-3-5-14(6-4-13)7-8-15-9-11-16(17-2)12-10-15/h3,5,7-12H,4,6H2,1-2H3/b8-7+. The molecule has 0 saturated heterocycles. The molecule has 2 rings (SSSR count). The van der Waals surface area contributed by atoms with Gasteiger partial charge in [-0.25, -0.2) is 0 Å². The molecule has 0 amide bonds. The van der Waals surface area contributed by atoms with Crippen LogP contribution in [0.3, 0.4) is 0 Å². The first-order valence-electron chi connectivity index (χ1n) is 5.96. The molecule has 1 nitrogen and oxygen atoms in total. The summed E-state index contributed by atoms with van der Waals surface area (Å²) in [6.45, 7) is 2.18. The normalized spacial score (nSPS) is 15.6. The summed E-state index contributed by atoms with van der Waals surface area (Å²) in [5.74, 6) is 0.901. The molecule has 1 aliphatic carbocycles. The minimum atomic E-state index is 0.901. The van der Waals surface area contributed by atoms with E-state index in [1.807, 2.05) is 12.1 Å². The zero-order chi connectivity index (χ0) is 12.1. The Bertz CT molecular complexity index is 461. The van der Waals surface area contributed by atoms with Crippen molar-refractivity contribution in [2.75, 3.05) is 7.11 Å². The van der Waals surface area contributed by atoms with Gasteiger partial charge >= 0.3 is 0 Å². The third-order valence-electron chi connectivity index (χ3n) is 3.00. The SMILES string of the molecule is COc1ccc(/C=C/C2=CC=C(C)CC2)cc1. The smallest absolute Gasteiger partial charge is 0.118 e. The molecule has 0 N–H and O–H groups in total. The number of rotatable bonds is 3. The first-order valence-corrected chi connectivity index (χ1v) is 5.96. The van der Waals surface area contributed by atoms with Gasteiger partial charge in [0.15, 0.2) is 0 Å². The number of hydrogen-bond donors (Lipinski definition) is 0. The molecular formula is C16H18O. The number of benzene rings is 1. The molecule has 0 unspecified atom stereocenters. The first-order chi connectivity index (χ1) is 8.28. The topological polar surface area (TPSA) is 9.23 Å². The van der Waals surface area contributed by atoms with Crippen LogP contribution in [0.5, 0.6) is 5.75 Å². The predicted molar refractivity (Wildman–Crippen MR) is 73.1 cm³/mol. The van der Waals surface area contributed by atoms with Crippen molar-refractivity contribution in [2.24, 2.45) is 0 Å². The van der Waals surface area contributed by atoms with Crippen molar-refractivity contribution in [1.82, 2.24) is 0 Å². The molecule has 0 saturated carbocycles. The monoisotopic (exact) mass is 226 g/mol. The molecule has 0 atom stereocenters. The van der Waals surface area contributed by atoms with Crippen molar-refractivity contribution < 1.29 is 4.74 Å². The molecule has 0 aromatic heterocycles. The van der Waals surface area contributed by atoms with Crippen LogP contribution in [0.4, 0.5) is 0 Å². The number of hydrogen-bond acceptors (Lipinski definition) is 1. The molecule has 88 valence electrons. The van der Waals surface area contributed by atoms with Crippen LogP contribution < -0.4 is 4.74 Å². The Labute approximate surface area is 103 Å². The lowest BCUT2D eigenvalue weighted by Gasteiger charge is -2.07. The van der Waals surface area contributed by atoms with Crippen LogP contribution in [0.25, 0.3) is 6.08 Å². The van der Waals surface area contributed by atoms with Crippen molar-refractivity contribution in [3.63, 3.8) is 0 Å². The van der Waals surface area contributed by atoms with Crippen molar-refractivity contribution >= 4 is 6.08 Å². The van der Waals surface area contributed by atoms with E-state index >= 15 is 0 Å². The highest BCUT2D eigenvalue weighted by Gasteiger charge is 1.99. The number of allylic oxidation sites excluding steroid dienone is 5. The van der Waals surface area contributed by atoms with Gasteiger partial charge in [0.05, 0.1) is 7.11 Å². The van der Waals surface area contributed by atoms with E-state index in [1.54, 1.807) is 7.11 Å². The highest BCUT2D eigenvalue weighted by Crippen LogP contribution is 2.20. The molecular weight excluding hydrogens is 208 g/mol. The average molecular weight is 226 g/mol. The molecule has 0 heterocycles. The van der Waals surface area contributed by atoms with Gasteiger partial charge < -0.3 is 4.74 Å². The van der Waals surface area contributed by atoms with Crippen molar-refractivity contribution in [2.45, 2.75) is 19.8 Å². The third-order valence-corrected chi connectivity index (χ3v) is 3.00. The molecule has 1 aliphatic rings. The maximum Gasteiger partial charge on any atom is 0.118 e. The quantitative estimate of drug-likeness (QED) is 0.743. The van der Waals surface area contributed by atoms with Crippen LogP contribution in [0.2, 0.25) is 0 Å². The van der Waals surface area contributed by atoms with Gasteiger partial charge in [-0.1, -0.05) is 42.0 Å². The summed E-state index contributed by atoms with van der Waals surface area (Å²) in [7, 11) is 1.69. The molecule has 1 aromatic rings. The maximum absolute atomic E-state index is 5.13. The van der Waals surface area contributed by atoms with Gasteiger partial charge in [0, 0.05) is 0 Å². The van der Waals surface area contributed by atoms with Gasteiger partial charge in [-0.2, -0.15) is 0 Å². The molecule has 1 heteroatoms. The maximum atomic E-state index is 5.13. The third kappa shape index (κ3) is 3.35. The van der Waals surface area contributed by atoms with E-state index in [1.165, 1.54) is 23.1 Å². The zero-order valence-corrected chi connectivity index (χ0v) is 10.4. The lowest BCUT2D eigenvalue weighted by atomic mass is 9.99. The Hall–Kier alpha value is -1.76. The summed E-state index contributed by atoms with van der Waals surface area (Å²) in [4.78, 5) is 0. The largest absolute Gasteiger partial charge is 0.497 e. The zero-order valence-electron chi connectivity index (χ0n) is 10.4. The van der Waals surface area contributed by atoms with Gasteiger partial charge in [-0.3, -0.25) is 0 Å². The molecule has 0 spiro atoms. The Morgan fingerprint density at radius 2 is 1.76 bits per heavy atom. The minimum absolute atomic E-state index is 0.901. The highest BCUT2D eigenvalue weighted by molar-refractivity contribution is 5.54. The highest BCUT2D eigenvalue weighted by atomic mass is 16.5. The first kappa shape index (κ1) is 11.7. The minimum Gasteiger partial charge on any atom is -0.497 e. The van der Waals surface area contributed by atoms with E-state index in [2.05, 4.69) is 43.4 Å². The second kappa shape index (κ2) is 5.53. The fraction of sp³-hybridized carbons (Fsp3) is 0.250. The summed E-state index contributed by atoms with van der Waals surface area (Å²) < 4.78 is 5.13. The van der Waals surface area contributed by atoms with Crippen LogP contribution >= 0.6 is 0 Å². The lowest BCUT2D eigenvalue weighted by Crippen LogP contribution is -1.87. The van der Waals surface area contributed by atoms with E-state index in [9.17, 15) is 0 Å². The molecule has 17 heavy (non-hydrogen) atoms. The summed E-state index contributed by atoms with van der Waals surface area (Å²) in [5, 5.41) is 0. The van der Waals surface area contributed by atoms with Crippen LogP contribution in [0.15, 0.2) is 53.6 Å². The summed E-state index contributed by atoms with van der Waals surface area (Å²) in [6.07, 6.45) is 11.1. The van der Waals surface area contributed by atoms with Gasteiger partial charge in [0.2, 0.25) is 0 Å². The van der Waals surface area contributed by atoms with Crippen molar-refractivity contribution in [3.8, 4) is 5.75 Å². The van der Waals surface area contributed by atoms with E-state index in [0.717, 1.165) is 12.2 Å². The van der Waals surface area contributed by atoms with E-state index in [-0.39, 0.29) is 0 Å². The Morgan fingerprint density at radius 3 is 2.35 bits per heavy atom. The molecule has 0 aliphatic heterocycles. The number of methoxy groups -OCH3 is 1. The Morgan fingerprint density at radius 1 is 1.00 bits per heavy atom. The molecule has 0 bridgehead atoms. The second-order valence-corrected chi connectivity index (χ2v) is 4.36. The Kier molecular flexibility index (Phi) is 3.81. The summed E-state index contributed by atoms with van der Waals surface area (Å²) in [6, 6.07) is 8.11. The van der Waals surface area contributed by atoms with E-state index in [4.69, 9.17) is 4.74 Å². The second-order valence-electron chi connectivity index (χ2n) is 4.36. The predicted octanol–water partition coefficient (Wildman–Crippen LogP) is 4.37. The van der Waals surface area contributed by atoms with E-state index in [0.29, 0.717) is 0 Å². The van der Waals surface area contributed by atoms with Crippen LogP contribution in [0, 0.1) is 0 Å². The van der Waals surface area contributed by atoms with Gasteiger partial charge in [-0.15, -0.1) is 0 Å². The van der Waals surface area contributed by atoms with Crippen molar-refractivity contribution in [1.29, 1.82) is 0 Å². The fourth-order valence-corrected chi connectivity index (χ4v) is 1.81. The van der Waals surface area contributed by atoms with Gasteiger partial charge in [0.25, 0.3) is 0 Å². The van der Waals surface area contributed by atoms with E-state index < -0.39 is 0 Å². The van der Waals surface area contributed by atoms with Crippen LogP contribution in [0.1, 0.15) is 25.3 Å². The van der Waals surface area contributed by atoms with Crippen LogP contribution in [-0.4, -0.2) is 7.11 Å².